The first-order chi connectivity index (χ1) is 11.4. The Morgan fingerprint density at radius 2 is 1.92 bits per heavy atom. The number of ether oxygens (including phenoxy) is 2. The molecule has 0 aliphatic carbocycles. The molecule has 0 saturated carbocycles. The smallest absolute Gasteiger partial charge is 0.356 e. The number of imidazole rings is 1. The summed E-state index contributed by atoms with van der Waals surface area (Å²) in [5.41, 5.74) is 0.492. The zero-order valence-electron chi connectivity index (χ0n) is 14.4. The fourth-order valence-electron chi connectivity index (χ4n) is 2.32. The summed E-state index contributed by atoms with van der Waals surface area (Å²) in [5.74, 6) is -0.950. The Kier molecular flexibility index (Phi) is 5.39. The number of nitrogens with zero attached hydrogens (tertiary/aromatic N) is 2. The summed E-state index contributed by atoms with van der Waals surface area (Å²) < 4.78 is 11.8. The lowest BCUT2D eigenvalue weighted by Gasteiger charge is -2.21. The van der Waals surface area contributed by atoms with E-state index < -0.39 is 17.4 Å². The summed E-state index contributed by atoms with van der Waals surface area (Å²) in [4.78, 5) is 28.1. The van der Waals surface area contributed by atoms with Crippen molar-refractivity contribution in [3.05, 3.63) is 54.1 Å². The molecule has 0 saturated heterocycles. The summed E-state index contributed by atoms with van der Waals surface area (Å²) in [6.45, 7) is 5.24. The van der Waals surface area contributed by atoms with Gasteiger partial charge in [-0.3, -0.25) is 4.79 Å². The molecular formula is C18H22N2O4. The Labute approximate surface area is 141 Å². The number of hydrogen-bond acceptors (Lipinski definition) is 5. The molecule has 0 aliphatic rings. The lowest BCUT2D eigenvalue weighted by molar-refractivity contribution is -0.152. The van der Waals surface area contributed by atoms with Crippen LogP contribution in [0.2, 0.25) is 0 Å². The van der Waals surface area contributed by atoms with Crippen molar-refractivity contribution in [2.45, 2.75) is 26.8 Å². The minimum atomic E-state index is -0.902. The summed E-state index contributed by atoms with van der Waals surface area (Å²) in [6, 6.07) is 9.73. The molecule has 0 radical (unpaired) electrons. The van der Waals surface area contributed by atoms with Gasteiger partial charge in [0.2, 0.25) is 0 Å². The van der Waals surface area contributed by atoms with Gasteiger partial charge in [-0.05, 0) is 26.3 Å². The van der Waals surface area contributed by atoms with Crippen LogP contribution in [0.1, 0.15) is 42.9 Å². The molecular weight excluding hydrogens is 308 g/mol. The van der Waals surface area contributed by atoms with Crippen molar-refractivity contribution in [2.24, 2.45) is 5.41 Å². The average molecular weight is 330 g/mol. The Hall–Kier alpha value is -2.63. The second kappa shape index (κ2) is 7.29. The monoisotopic (exact) mass is 330 g/mol. The molecule has 0 aliphatic heterocycles. The van der Waals surface area contributed by atoms with Gasteiger partial charge in [0.15, 0.2) is 0 Å². The predicted octanol–water partition coefficient (Wildman–Crippen LogP) is 2.85. The maximum absolute atomic E-state index is 12.4. The van der Waals surface area contributed by atoms with Crippen molar-refractivity contribution in [2.75, 3.05) is 13.7 Å². The van der Waals surface area contributed by atoms with Gasteiger partial charge >= 0.3 is 11.9 Å². The number of rotatable bonds is 6. The minimum absolute atomic E-state index is 0.0649. The molecule has 2 rings (SSSR count). The van der Waals surface area contributed by atoms with E-state index in [4.69, 9.17) is 9.47 Å². The molecule has 1 unspecified atom stereocenters. The lowest BCUT2D eigenvalue weighted by atomic mass is 9.95. The first-order valence-corrected chi connectivity index (χ1v) is 7.69. The van der Waals surface area contributed by atoms with Gasteiger partial charge < -0.3 is 14.0 Å². The molecule has 6 nitrogen and oxygen atoms in total. The van der Waals surface area contributed by atoms with Crippen LogP contribution in [-0.4, -0.2) is 35.2 Å². The Morgan fingerprint density at radius 3 is 2.54 bits per heavy atom. The van der Waals surface area contributed by atoms with Crippen LogP contribution in [0.4, 0.5) is 0 Å². The normalized spacial score (nSPS) is 12.5. The highest BCUT2D eigenvalue weighted by Gasteiger charge is 2.31. The maximum Gasteiger partial charge on any atom is 0.356 e. The molecule has 1 atom stereocenters. The van der Waals surface area contributed by atoms with Crippen LogP contribution < -0.4 is 0 Å². The van der Waals surface area contributed by atoms with Gasteiger partial charge in [0.1, 0.15) is 12.3 Å². The van der Waals surface area contributed by atoms with E-state index in [9.17, 15) is 9.59 Å². The Bertz CT molecular complexity index is 707. The van der Waals surface area contributed by atoms with Gasteiger partial charge in [0, 0.05) is 0 Å². The molecule has 24 heavy (non-hydrogen) atoms. The van der Waals surface area contributed by atoms with E-state index >= 15 is 0 Å². The average Bonchev–Trinajstić information content (AvgIpc) is 3.08. The molecule has 128 valence electrons. The van der Waals surface area contributed by atoms with Crippen molar-refractivity contribution in [1.29, 1.82) is 0 Å². The molecule has 0 spiro atoms. The molecule has 1 aromatic carbocycles. The third-order valence-corrected chi connectivity index (χ3v) is 3.88. The Morgan fingerprint density at radius 1 is 1.25 bits per heavy atom. The summed E-state index contributed by atoms with van der Waals surface area (Å²) in [6.07, 6.45) is 3.06. The van der Waals surface area contributed by atoms with Crippen LogP contribution in [0, 0.1) is 5.41 Å². The number of hydrogen-bond donors (Lipinski definition) is 0. The zero-order valence-corrected chi connectivity index (χ0v) is 14.4. The van der Waals surface area contributed by atoms with Gasteiger partial charge in [-0.25, -0.2) is 9.78 Å². The zero-order chi connectivity index (χ0) is 17.7. The minimum Gasteiger partial charge on any atom is -0.469 e. The first kappa shape index (κ1) is 17.7. The molecule has 2 aromatic rings. The molecule has 0 bridgehead atoms. The summed E-state index contributed by atoms with van der Waals surface area (Å²) in [7, 11) is 1.31. The SMILES string of the molecule is COC(=O)C(C)(C)COC(=O)c1cncn1C(C)c1ccccc1. The van der Waals surface area contributed by atoms with E-state index in [0.717, 1.165) is 5.56 Å². The number of carbonyl (C=O) groups excluding carboxylic acids is 2. The first-order valence-electron chi connectivity index (χ1n) is 7.69. The molecule has 0 fully saturated rings. The molecule has 1 heterocycles. The standard InChI is InChI=1S/C18H22N2O4/c1-13(14-8-6-5-7-9-14)20-12-19-10-15(20)16(21)24-11-18(2,3)17(22)23-4/h5-10,12-13H,11H2,1-4H3. The Balaban J connectivity index is 2.12. The lowest BCUT2D eigenvalue weighted by Crippen LogP contribution is -2.32. The topological polar surface area (TPSA) is 70.4 Å². The summed E-state index contributed by atoms with van der Waals surface area (Å²) >= 11 is 0. The maximum atomic E-state index is 12.4. The van der Waals surface area contributed by atoms with Crippen LogP contribution in [-0.2, 0) is 14.3 Å². The van der Waals surface area contributed by atoms with Gasteiger partial charge in [0.25, 0.3) is 0 Å². The van der Waals surface area contributed by atoms with Crippen molar-refractivity contribution in [3.63, 3.8) is 0 Å². The number of benzene rings is 1. The van der Waals surface area contributed by atoms with Crippen LogP contribution in [0.15, 0.2) is 42.9 Å². The van der Waals surface area contributed by atoms with E-state index in [1.165, 1.54) is 13.3 Å². The van der Waals surface area contributed by atoms with Crippen LogP contribution in [0.3, 0.4) is 0 Å². The van der Waals surface area contributed by atoms with E-state index in [0.29, 0.717) is 5.69 Å². The number of esters is 2. The quantitative estimate of drug-likeness (QED) is 0.762. The molecule has 6 heteroatoms. The van der Waals surface area contributed by atoms with E-state index in [1.54, 1.807) is 24.7 Å². The highest BCUT2D eigenvalue weighted by atomic mass is 16.5. The fraction of sp³-hybridized carbons (Fsp3) is 0.389. The van der Waals surface area contributed by atoms with Crippen molar-refractivity contribution in [1.82, 2.24) is 9.55 Å². The van der Waals surface area contributed by atoms with E-state index in [-0.39, 0.29) is 12.6 Å². The summed E-state index contributed by atoms with van der Waals surface area (Å²) in [5, 5.41) is 0. The van der Waals surface area contributed by atoms with E-state index in [2.05, 4.69) is 4.98 Å². The van der Waals surface area contributed by atoms with Crippen molar-refractivity contribution in [3.8, 4) is 0 Å². The van der Waals surface area contributed by atoms with Gasteiger partial charge in [-0.1, -0.05) is 30.3 Å². The molecule has 0 amide bonds. The van der Waals surface area contributed by atoms with Crippen LogP contribution in [0.5, 0.6) is 0 Å². The number of methoxy groups -OCH3 is 1. The van der Waals surface area contributed by atoms with Crippen molar-refractivity contribution < 1.29 is 19.1 Å². The third-order valence-electron chi connectivity index (χ3n) is 3.88. The van der Waals surface area contributed by atoms with E-state index in [1.807, 2.05) is 37.3 Å². The predicted molar refractivity (Wildman–Crippen MR) is 88.6 cm³/mol. The number of carbonyl (C=O) groups is 2. The van der Waals surface area contributed by atoms with Gasteiger partial charge in [0.05, 0.1) is 31.1 Å². The van der Waals surface area contributed by atoms with Gasteiger partial charge in [-0.15, -0.1) is 0 Å². The molecule has 0 N–H and O–H groups in total. The largest absolute Gasteiger partial charge is 0.469 e. The second-order valence-corrected chi connectivity index (χ2v) is 6.22. The third kappa shape index (κ3) is 3.82. The van der Waals surface area contributed by atoms with Crippen molar-refractivity contribution >= 4 is 11.9 Å². The highest BCUT2D eigenvalue weighted by molar-refractivity contribution is 5.87. The van der Waals surface area contributed by atoms with Crippen LogP contribution in [0.25, 0.3) is 0 Å². The van der Waals surface area contributed by atoms with Crippen LogP contribution >= 0.6 is 0 Å². The number of aromatic nitrogens is 2. The highest BCUT2D eigenvalue weighted by Crippen LogP contribution is 2.21. The van der Waals surface area contributed by atoms with Gasteiger partial charge in [-0.2, -0.15) is 0 Å². The molecule has 1 aromatic heterocycles. The fourth-order valence-corrected chi connectivity index (χ4v) is 2.32. The second-order valence-electron chi connectivity index (χ2n) is 6.22.